The Morgan fingerprint density at radius 3 is 3.08 bits per heavy atom. The smallest absolute Gasteiger partial charge is 0.353 e. The Bertz CT molecular complexity index is 908. The highest BCUT2D eigenvalue weighted by atomic mass is 32.2. The predicted octanol–water partition coefficient (Wildman–Crippen LogP) is 2.47. The molecule has 8 heteroatoms. The number of nitrogens with zero attached hydrogens (tertiary/aromatic N) is 3. The van der Waals surface area contributed by atoms with Crippen molar-refractivity contribution in [2.45, 2.75) is 5.37 Å². The lowest BCUT2D eigenvalue weighted by Crippen LogP contribution is -2.54. The molecule has 0 saturated carbocycles. The van der Waals surface area contributed by atoms with E-state index < -0.39 is 5.97 Å². The maximum absolute atomic E-state index is 12.5. The molecule has 1 aromatic carbocycles. The second kappa shape index (κ2) is 4.75. The van der Waals surface area contributed by atoms with Gasteiger partial charge < -0.3 is 5.11 Å². The van der Waals surface area contributed by atoms with E-state index in [2.05, 4.69) is 6.07 Å². The van der Waals surface area contributed by atoms with Gasteiger partial charge in [-0.05, 0) is 17.8 Å². The number of amidine groups is 1. The van der Waals surface area contributed by atoms with Crippen LogP contribution in [0.4, 0.5) is 11.4 Å². The largest absolute Gasteiger partial charge is 0.477 e. The zero-order valence-corrected chi connectivity index (χ0v) is 14.0. The van der Waals surface area contributed by atoms with E-state index in [9.17, 15) is 14.7 Å². The van der Waals surface area contributed by atoms with Crippen LogP contribution in [0.15, 0.2) is 52.1 Å². The molecule has 0 bridgehead atoms. The topological polar surface area (TPSA) is 70.0 Å². The normalized spacial score (nSPS) is 31.3. The standard InChI is InChI=1S/C16H11N3O3S2/c20-13-9(14-18(13)11(8-24-14)15(21)22)7-19-5-6-23-16(19)17-10-3-1-2-4-12(10)19/h1-4,7-8,14H,5-6H2/p+1/b9-7-/t14-,19?/m1/s1. The number of amides is 1. The Hall–Kier alpha value is -2.03. The Labute approximate surface area is 146 Å². The van der Waals surface area contributed by atoms with Crippen LogP contribution in [0.3, 0.4) is 0 Å². The fourth-order valence-corrected chi connectivity index (χ4v) is 5.82. The van der Waals surface area contributed by atoms with E-state index in [1.807, 2.05) is 24.4 Å². The van der Waals surface area contributed by atoms with Crippen LogP contribution >= 0.6 is 23.5 Å². The number of carbonyl (C=O) groups excluding carboxylic acids is 1. The molecule has 1 aromatic rings. The first kappa shape index (κ1) is 14.3. The summed E-state index contributed by atoms with van der Waals surface area (Å²) in [5, 5.41) is 11.5. The van der Waals surface area contributed by atoms with E-state index in [0.717, 1.165) is 28.8 Å². The van der Waals surface area contributed by atoms with Gasteiger partial charge >= 0.3 is 5.97 Å². The first-order valence-electron chi connectivity index (χ1n) is 7.46. The number of benzene rings is 1. The number of aliphatic imine (C=N–C) groups is 1. The first-order chi connectivity index (χ1) is 11.6. The summed E-state index contributed by atoms with van der Waals surface area (Å²) in [6.07, 6.45) is 1.99. The third-order valence-electron chi connectivity index (χ3n) is 4.66. The highest BCUT2D eigenvalue weighted by Crippen LogP contribution is 2.50. The number of quaternary nitrogens is 1. The van der Waals surface area contributed by atoms with E-state index in [4.69, 9.17) is 4.99 Å². The van der Waals surface area contributed by atoms with Crippen molar-refractivity contribution in [3.05, 3.63) is 47.1 Å². The number of carboxylic acid groups (broad SMARTS) is 1. The van der Waals surface area contributed by atoms with Crippen molar-refractivity contribution >= 4 is 51.9 Å². The minimum atomic E-state index is -1.06. The van der Waals surface area contributed by atoms with E-state index in [-0.39, 0.29) is 17.0 Å². The summed E-state index contributed by atoms with van der Waals surface area (Å²) in [6, 6.07) is 8.00. The average molecular weight is 358 g/mol. The van der Waals surface area contributed by atoms with Crippen LogP contribution in [0.1, 0.15) is 0 Å². The number of rotatable bonds is 2. The molecule has 24 heavy (non-hydrogen) atoms. The van der Waals surface area contributed by atoms with Crippen LogP contribution in [-0.4, -0.2) is 44.7 Å². The van der Waals surface area contributed by atoms with Gasteiger partial charge in [0, 0.05) is 11.5 Å². The number of thioether (sulfide) groups is 2. The van der Waals surface area contributed by atoms with Crippen molar-refractivity contribution in [2.24, 2.45) is 4.99 Å². The quantitative estimate of drug-likeness (QED) is 0.500. The Morgan fingerprint density at radius 1 is 1.42 bits per heavy atom. The molecule has 5 rings (SSSR count). The SMILES string of the molecule is O=C(O)C1=CS[C@@H]2/C(=C\[N+]34CCSC3=Nc3ccccc34)C(=O)N12. The summed E-state index contributed by atoms with van der Waals surface area (Å²) in [5.74, 6) is -0.326. The third kappa shape index (κ3) is 1.65. The van der Waals surface area contributed by atoms with Crippen molar-refractivity contribution < 1.29 is 14.7 Å². The van der Waals surface area contributed by atoms with Crippen molar-refractivity contribution in [1.29, 1.82) is 0 Å². The Morgan fingerprint density at radius 2 is 2.25 bits per heavy atom. The molecule has 1 N–H and O–H groups in total. The summed E-state index contributed by atoms with van der Waals surface area (Å²) in [5.41, 5.74) is 2.77. The van der Waals surface area contributed by atoms with Gasteiger partial charge in [-0.3, -0.25) is 9.69 Å². The number of fused-ring (bicyclic) bond motifs is 4. The van der Waals surface area contributed by atoms with E-state index in [1.54, 1.807) is 17.2 Å². The lowest BCUT2D eigenvalue weighted by molar-refractivity contribution is -0.141. The molecular weight excluding hydrogens is 346 g/mol. The van der Waals surface area contributed by atoms with Gasteiger partial charge in [0.05, 0.1) is 5.75 Å². The zero-order valence-electron chi connectivity index (χ0n) is 12.4. The molecule has 2 saturated heterocycles. The fourth-order valence-electron chi connectivity index (χ4n) is 3.51. The van der Waals surface area contributed by atoms with Crippen LogP contribution in [0, 0.1) is 0 Å². The van der Waals surface area contributed by atoms with Crippen LogP contribution in [0.2, 0.25) is 0 Å². The summed E-state index contributed by atoms with van der Waals surface area (Å²) in [6.45, 7) is 0.855. The first-order valence-corrected chi connectivity index (χ1v) is 9.39. The monoisotopic (exact) mass is 358 g/mol. The molecular formula is C16H12N3O3S2+. The van der Waals surface area contributed by atoms with Crippen molar-refractivity contribution in [3.63, 3.8) is 0 Å². The van der Waals surface area contributed by atoms with Crippen molar-refractivity contribution in [2.75, 3.05) is 12.3 Å². The number of aliphatic carboxylic acids is 1. The number of carbonyl (C=O) groups is 2. The highest BCUT2D eigenvalue weighted by Gasteiger charge is 2.55. The molecule has 0 spiro atoms. The molecule has 4 aliphatic rings. The molecule has 1 unspecified atom stereocenters. The van der Waals surface area contributed by atoms with Gasteiger partial charge in [-0.15, -0.1) is 11.8 Å². The lowest BCUT2D eigenvalue weighted by atomic mass is 10.1. The van der Waals surface area contributed by atoms with Gasteiger partial charge in [0.25, 0.3) is 11.1 Å². The molecule has 2 fully saturated rings. The fraction of sp³-hybridized carbons (Fsp3) is 0.188. The van der Waals surface area contributed by atoms with Gasteiger partial charge in [-0.2, -0.15) is 4.99 Å². The summed E-state index contributed by atoms with van der Waals surface area (Å²) in [4.78, 5) is 29.8. The van der Waals surface area contributed by atoms with Crippen LogP contribution in [0.25, 0.3) is 0 Å². The maximum Gasteiger partial charge on any atom is 0.353 e. The lowest BCUT2D eigenvalue weighted by Gasteiger charge is -2.38. The minimum absolute atomic E-state index is 0.0682. The maximum atomic E-state index is 12.5. The van der Waals surface area contributed by atoms with Gasteiger partial charge in [0.15, 0.2) is 5.69 Å². The number of hydrogen-bond donors (Lipinski definition) is 1. The molecule has 2 atom stereocenters. The molecule has 120 valence electrons. The number of carboxylic acids is 1. The predicted molar refractivity (Wildman–Crippen MR) is 94.7 cm³/mol. The molecule has 0 radical (unpaired) electrons. The molecule has 0 aliphatic carbocycles. The second-order valence-electron chi connectivity index (χ2n) is 5.88. The zero-order chi connectivity index (χ0) is 16.5. The Kier molecular flexibility index (Phi) is 2.83. The van der Waals surface area contributed by atoms with Gasteiger partial charge in [-0.25, -0.2) is 9.28 Å². The summed E-state index contributed by atoms with van der Waals surface area (Å²) >= 11 is 3.09. The third-order valence-corrected chi connectivity index (χ3v) is 6.80. The van der Waals surface area contributed by atoms with E-state index in [1.165, 1.54) is 16.7 Å². The molecule has 1 amide bonds. The summed E-state index contributed by atoms with van der Waals surface area (Å²) < 4.78 is 0.481. The van der Waals surface area contributed by atoms with E-state index in [0.29, 0.717) is 10.1 Å². The summed E-state index contributed by atoms with van der Waals surface area (Å²) in [7, 11) is 0. The molecule has 6 nitrogen and oxygen atoms in total. The van der Waals surface area contributed by atoms with Crippen molar-refractivity contribution in [3.8, 4) is 0 Å². The molecule has 4 heterocycles. The number of β-lactam (4-membered cyclic amide) rings is 1. The Balaban J connectivity index is 1.57. The van der Waals surface area contributed by atoms with Crippen LogP contribution in [0.5, 0.6) is 0 Å². The van der Waals surface area contributed by atoms with Gasteiger partial charge in [0.2, 0.25) is 0 Å². The number of para-hydroxylation sites is 2. The average Bonchev–Trinajstić information content (AvgIpc) is 3.22. The minimum Gasteiger partial charge on any atom is -0.477 e. The highest BCUT2D eigenvalue weighted by molar-refractivity contribution is 8.14. The molecule has 0 aromatic heterocycles. The van der Waals surface area contributed by atoms with Gasteiger partial charge in [0.1, 0.15) is 35.1 Å². The van der Waals surface area contributed by atoms with Crippen molar-refractivity contribution in [1.82, 2.24) is 9.38 Å². The van der Waals surface area contributed by atoms with Crippen LogP contribution < -0.4 is 4.48 Å². The second-order valence-corrected chi connectivity index (χ2v) is 7.90. The van der Waals surface area contributed by atoms with E-state index >= 15 is 0 Å². The number of hydrogen-bond acceptors (Lipinski definition) is 5. The van der Waals surface area contributed by atoms with Crippen LogP contribution in [-0.2, 0) is 9.59 Å². The molecule has 4 aliphatic heterocycles. The van der Waals surface area contributed by atoms with Gasteiger partial charge in [-0.1, -0.05) is 12.1 Å².